The monoisotopic (exact) mass is 146 g/mol. The van der Waals surface area contributed by atoms with E-state index in [1.165, 1.54) is 0 Å². The van der Waals surface area contributed by atoms with Crippen LogP contribution in [0.2, 0.25) is 0 Å². The molecule has 0 aliphatic rings. The van der Waals surface area contributed by atoms with Gasteiger partial charge in [0.2, 0.25) is 0 Å². The van der Waals surface area contributed by atoms with Crippen molar-refractivity contribution in [1.29, 1.82) is 0 Å². The third-order valence-corrected chi connectivity index (χ3v) is 1.23. The van der Waals surface area contributed by atoms with Crippen LogP contribution in [-0.4, -0.2) is 33.0 Å². The van der Waals surface area contributed by atoms with Crippen molar-refractivity contribution in [1.82, 2.24) is 0 Å². The van der Waals surface area contributed by atoms with Crippen molar-refractivity contribution in [3.63, 3.8) is 0 Å². The first-order valence-corrected chi connectivity index (χ1v) is 2.69. The Morgan fingerprint density at radius 1 is 1.80 bits per heavy atom. The SMILES string of the molecule is C=CC(O)C(C)(O)C(=O)O. The zero-order valence-electron chi connectivity index (χ0n) is 5.61. The summed E-state index contributed by atoms with van der Waals surface area (Å²) in [6.45, 7) is 4.14. The van der Waals surface area contributed by atoms with Gasteiger partial charge in [0.1, 0.15) is 6.10 Å². The van der Waals surface area contributed by atoms with Crippen LogP contribution in [0.1, 0.15) is 6.92 Å². The number of aliphatic carboxylic acids is 1. The Kier molecular flexibility index (Phi) is 2.56. The summed E-state index contributed by atoms with van der Waals surface area (Å²) in [4.78, 5) is 10.2. The average molecular weight is 146 g/mol. The second-order valence-corrected chi connectivity index (χ2v) is 2.13. The maximum atomic E-state index is 10.2. The first-order valence-electron chi connectivity index (χ1n) is 2.69. The second-order valence-electron chi connectivity index (χ2n) is 2.13. The lowest BCUT2D eigenvalue weighted by molar-refractivity contribution is -0.164. The van der Waals surface area contributed by atoms with Gasteiger partial charge < -0.3 is 15.3 Å². The van der Waals surface area contributed by atoms with E-state index in [0.29, 0.717) is 0 Å². The molecule has 4 heteroatoms. The standard InChI is InChI=1S/C6H10O4/c1-3-4(7)6(2,10)5(8)9/h3-4,7,10H,1H2,2H3,(H,8,9). The molecule has 3 N–H and O–H groups in total. The van der Waals surface area contributed by atoms with Crippen molar-refractivity contribution in [3.05, 3.63) is 12.7 Å². The fraction of sp³-hybridized carbons (Fsp3) is 0.500. The Labute approximate surface area is 58.4 Å². The highest BCUT2D eigenvalue weighted by molar-refractivity contribution is 5.77. The minimum atomic E-state index is -2.14. The molecular weight excluding hydrogens is 136 g/mol. The van der Waals surface area contributed by atoms with Crippen molar-refractivity contribution in [2.24, 2.45) is 0 Å². The van der Waals surface area contributed by atoms with Crippen molar-refractivity contribution >= 4 is 5.97 Å². The molecular formula is C6H10O4. The van der Waals surface area contributed by atoms with Gasteiger partial charge in [-0.1, -0.05) is 6.08 Å². The molecule has 0 spiro atoms. The molecule has 0 amide bonds. The van der Waals surface area contributed by atoms with E-state index in [9.17, 15) is 4.79 Å². The third-order valence-electron chi connectivity index (χ3n) is 1.23. The Morgan fingerprint density at radius 3 is 2.30 bits per heavy atom. The fourth-order valence-electron chi connectivity index (χ4n) is 0.356. The molecule has 0 aliphatic carbocycles. The van der Waals surface area contributed by atoms with Crippen molar-refractivity contribution < 1.29 is 20.1 Å². The largest absolute Gasteiger partial charge is 0.479 e. The smallest absolute Gasteiger partial charge is 0.338 e. The molecule has 0 aromatic heterocycles. The number of carbonyl (C=O) groups is 1. The highest BCUT2D eigenvalue weighted by Gasteiger charge is 2.36. The summed E-state index contributed by atoms with van der Waals surface area (Å²) in [5.74, 6) is -1.47. The number of hydrogen-bond donors (Lipinski definition) is 3. The second kappa shape index (κ2) is 2.81. The molecule has 0 saturated carbocycles. The van der Waals surface area contributed by atoms with Gasteiger partial charge in [-0.25, -0.2) is 4.79 Å². The Balaban J connectivity index is 4.38. The van der Waals surface area contributed by atoms with Crippen molar-refractivity contribution in [2.75, 3.05) is 0 Å². The van der Waals surface area contributed by atoms with Gasteiger partial charge in [-0.2, -0.15) is 0 Å². The van der Waals surface area contributed by atoms with Gasteiger partial charge in [0, 0.05) is 0 Å². The number of carboxylic acid groups (broad SMARTS) is 1. The number of carboxylic acids is 1. The Hall–Kier alpha value is -0.870. The fourth-order valence-corrected chi connectivity index (χ4v) is 0.356. The van der Waals surface area contributed by atoms with Crippen molar-refractivity contribution in [3.8, 4) is 0 Å². The Morgan fingerprint density at radius 2 is 2.20 bits per heavy atom. The molecule has 58 valence electrons. The van der Waals surface area contributed by atoms with Crippen LogP contribution in [0.5, 0.6) is 0 Å². The van der Waals surface area contributed by atoms with E-state index in [2.05, 4.69) is 6.58 Å². The molecule has 0 fully saturated rings. The molecule has 0 bridgehead atoms. The molecule has 0 heterocycles. The molecule has 0 radical (unpaired) electrons. The molecule has 0 rings (SSSR count). The van der Waals surface area contributed by atoms with E-state index >= 15 is 0 Å². The molecule has 4 nitrogen and oxygen atoms in total. The number of aliphatic hydroxyl groups excluding tert-OH is 1. The molecule has 0 aliphatic heterocycles. The highest BCUT2D eigenvalue weighted by Crippen LogP contribution is 2.09. The number of rotatable bonds is 3. The lowest BCUT2D eigenvalue weighted by Crippen LogP contribution is -2.45. The van der Waals surface area contributed by atoms with E-state index in [1.807, 2.05) is 0 Å². The lowest BCUT2D eigenvalue weighted by Gasteiger charge is -2.20. The van der Waals surface area contributed by atoms with Gasteiger partial charge in [-0.3, -0.25) is 0 Å². The van der Waals surface area contributed by atoms with Gasteiger partial charge in [0.15, 0.2) is 5.60 Å². The summed E-state index contributed by atoms with van der Waals surface area (Å²) in [6.07, 6.45) is -0.473. The van der Waals surface area contributed by atoms with Crippen molar-refractivity contribution in [2.45, 2.75) is 18.6 Å². The molecule has 2 atom stereocenters. The molecule has 2 unspecified atom stereocenters. The molecule has 0 aromatic carbocycles. The average Bonchev–Trinajstić information content (AvgIpc) is 1.86. The van der Waals surface area contributed by atoms with Crippen LogP contribution < -0.4 is 0 Å². The van der Waals surface area contributed by atoms with Crippen LogP contribution in [0.3, 0.4) is 0 Å². The topological polar surface area (TPSA) is 77.8 Å². The predicted octanol–water partition coefficient (Wildman–Crippen LogP) is -0.631. The molecule has 10 heavy (non-hydrogen) atoms. The summed E-state index contributed by atoms with van der Waals surface area (Å²) in [7, 11) is 0. The summed E-state index contributed by atoms with van der Waals surface area (Å²) >= 11 is 0. The Bertz CT molecular complexity index is 150. The number of hydrogen-bond acceptors (Lipinski definition) is 3. The summed E-state index contributed by atoms with van der Waals surface area (Å²) in [5, 5.41) is 26.0. The summed E-state index contributed by atoms with van der Waals surface area (Å²) < 4.78 is 0. The van der Waals surface area contributed by atoms with Gasteiger partial charge in [-0.15, -0.1) is 6.58 Å². The minimum Gasteiger partial charge on any atom is -0.479 e. The van der Waals surface area contributed by atoms with E-state index in [4.69, 9.17) is 15.3 Å². The van der Waals surface area contributed by atoms with Gasteiger partial charge in [-0.05, 0) is 6.92 Å². The zero-order chi connectivity index (χ0) is 8.36. The third kappa shape index (κ3) is 1.55. The van der Waals surface area contributed by atoms with Crippen LogP contribution in [0, 0.1) is 0 Å². The summed E-state index contributed by atoms with van der Waals surface area (Å²) in [5.41, 5.74) is -2.14. The van der Waals surface area contributed by atoms with Gasteiger partial charge >= 0.3 is 5.97 Å². The normalized spacial score (nSPS) is 19.1. The van der Waals surface area contributed by atoms with Crippen LogP contribution >= 0.6 is 0 Å². The highest BCUT2D eigenvalue weighted by atomic mass is 16.4. The predicted molar refractivity (Wildman–Crippen MR) is 34.5 cm³/mol. The van der Waals surface area contributed by atoms with E-state index in [1.54, 1.807) is 0 Å². The summed E-state index contributed by atoms with van der Waals surface area (Å²) in [6, 6.07) is 0. The van der Waals surface area contributed by atoms with E-state index in [-0.39, 0.29) is 0 Å². The van der Waals surface area contributed by atoms with Crippen LogP contribution in [0.15, 0.2) is 12.7 Å². The van der Waals surface area contributed by atoms with E-state index in [0.717, 1.165) is 13.0 Å². The van der Waals surface area contributed by atoms with E-state index < -0.39 is 17.7 Å². The van der Waals surface area contributed by atoms with Crippen LogP contribution in [-0.2, 0) is 4.79 Å². The van der Waals surface area contributed by atoms with Gasteiger partial charge in [0.05, 0.1) is 0 Å². The first kappa shape index (κ1) is 9.13. The first-order chi connectivity index (χ1) is 4.42. The quantitative estimate of drug-likeness (QED) is 0.463. The number of aliphatic hydroxyl groups is 2. The maximum absolute atomic E-state index is 10.2. The minimum absolute atomic E-state index is 0.966. The molecule has 0 aromatic rings. The van der Waals surface area contributed by atoms with Gasteiger partial charge in [0.25, 0.3) is 0 Å². The lowest BCUT2D eigenvalue weighted by atomic mass is 10.00. The zero-order valence-corrected chi connectivity index (χ0v) is 5.61. The van der Waals surface area contributed by atoms with Crippen LogP contribution in [0.25, 0.3) is 0 Å². The maximum Gasteiger partial charge on any atom is 0.338 e. The van der Waals surface area contributed by atoms with Crippen LogP contribution in [0.4, 0.5) is 0 Å². The molecule has 0 saturated heterocycles.